The van der Waals surface area contributed by atoms with E-state index in [1.807, 2.05) is 6.92 Å². The Hall–Kier alpha value is -0.840. The van der Waals surface area contributed by atoms with E-state index in [0.29, 0.717) is 6.42 Å². The van der Waals surface area contributed by atoms with Gasteiger partial charge in [-0.05, 0) is 6.42 Å². The standard InChI is InChI=1S/C9H14BrNO3/c1-3-5-14-9(13)11-7(4-2)8(12)6-10/h3,7H,1,4-6H2,2H3,(H,11,13). The van der Waals surface area contributed by atoms with Gasteiger partial charge in [0.1, 0.15) is 6.61 Å². The van der Waals surface area contributed by atoms with Crippen LogP contribution in [-0.2, 0) is 9.53 Å². The number of nitrogens with one attached hydrogen (secondary N) is 1. The quantitative estimate of drug-likeness (QED) is 0.586. The lowest BCUT2D eigenvalue weighted by atomic mass is 10.1. The summed E-state index contributed by atoms with van der Waals surface area (Å²) in [6.07, 6.45) is 1.42. The number of ether oxygens (including phenoxy) is 1. The van der Waals surface area contributed by atoms with Crippen molar-refractivity contribution in [1.82, 2.24) is 5.32 Å². The molecule has 0 saturated heterocycles. The number of alkyl halides is 1. The maximum atomic E-state index is 11.2. The third-order valence-corrected chi connectivity index (χ3v) is 2.11. The highest BCUT2D eigenvalue weighted by Gasteiger charge is 2.17. The van der Waals surface area contributed by atoms with Crippen LogP contribution in [0.1, 0.15) is 13.3 Å². The van der Waals surface area contributed by atoms with Crippen molar-refractivity contribution in [3.63, 3.8) is 0 Å². The van der Waals surface area contributed by atoms with Gasteiger partial charge in [0, 0.05) is 0 Å². The molecule has 0 bridgehead atoms. The van der Waals surface area contributed by atoms with Crippen molar-refractivity contribution in [2.24, 2.45) is 0 Å². The van der Waals surface area contributed by atoms with Crippen molar-refractivity contribution < 1.29 is 14.3 Å². The fraction of sp³-hybridized carbons (Fsp3) is 0.556. The van der Waals surface area contributed by atoms with E-state index in [4.69, 9.17) is 0 Å². The zero-order valence-corrected chi connectivity index (χ0v) is 9.67. The molecule has 80 valence electrons. The zero-order chi connectivity index (χ0) is 11.0. The molecule has 5 heteroatoms. The Morgan fingerprint density at radius 3 is 2.71 bits per heavy atom. The van der Waals surface area contributed by atoms with E-state index in [1.165, 1.54) is 6.08 Å². The second kappa shape index (κ2) is 7.55. The number of hydrogen-bond donors (Lipinski definition) is 1. The second-order valence-corrected chi connectivity index (χ2v) is 3.15. The van der Waals surface area contributed by atoms with Gasteiger partial charge in [-0.3, -0.25) is 4.79 Å². The number of carbonyl (C=O) groups is 2. The molecule has 0 saturated carbocycles. The fourth-order valence-corrected chi connectivity index (χ4v) is 1.21. The number of alkyl carbamates (subject to hydrolysis) is 1. The molecule has 4 nitrogen and oxygen atoms in total. The molecule has 1 unspecified atom stereocenters. The van der Waals surface area contributed by atoms with Gasteiger partial charge in [-0.1, -0.05) is 35.5 Å². The molecule has 0 aromatic heterocycles. The van der Waals surface area contributed by atoms with E-state index in [2.05, 4.69) is 32.6 Å². The maximum Gasteiger partial charge on any atom is 0.408 e. The van der Waals surface area contributed by atoms with E-state index in [0.717, 1.165) is 0 Å². The van der Waals surface area contributed by atoms with Gasteiger partial charge >= 0.3 is 6.09 Å². The van der Waals surface area contributed by atoms with Gasteiger partial charge in [-0.25, -0.2) is 4.79 Å². The highest BCUT2D eigenvalue weighted by Crippen LogP contribution is 1.97. The number of rotatable bonds is 6. The number of Topliss-reactive ketones (excluding diaryl/α,β-unsaturated/α-hetero) is 1. The molecule has 14 heavy (non-hydrogen) atoms. The Kier molecular flexibility index (Phi) is 7.10. The molecule has 0 aromatic carbocycles. The minimum absolute atomic E-state index is 0.0666. The van der Waals surface area contributed by atoms with Crippen LogP contribution in [0.15, 0.2) is 12.7 Å². The molecule has 1 atom stereocenters. The summed E-state index contributed by atoms with van der Waals surface area (Å²) in [6, 6.07) is -0.480. The first-order valence-corrected chi connectivity index (χ1v) is 5.40. The third kappa shape index (κ3) is 5.01. The van der Waals surface area contributed by atoms with Crippen molar-refractivity contribution in [3.05, 3.63) is 12.7 Å². The largest absolute Gasteiger partial charge is 0.445 e. The van der Waals surface area contributed by atoms with Gasteiger partial charge in [0.25, 0.3) is 0 Å². The molecule has 0 aliphatic rings. The van der Waals surface area contributed by atoms with Gasteiger partial charge in [0.15, 0.2) is 5.78 Å². The van der Waals surface area contributed by atoms with Crippen LogP contribution in [0.4, 0.5) is 4.79 Å². The Morgan fingerprint density at radius 1 is 1.64 bits per heavy atom. The molecule has 0 fully saturated rings. The van der Waals surface area contributed by atoms with Crippen molar-refractivity contribution in [2.45, 2.75) is 19.4 Å². The van der Waals surface area contributed by atoms with Crippen LogP contribution >= 0.6 is 15.9 Å². The van der Waals surface area contributed by atoms with E-state index in [-0.39, 0.29) is 17.7 Å². The number of ketones is 1. The van der Waals surface area contributed by atoms with Crippen LogP contribution in [0.2, 0.25) is 0 Å². The fourth-order valence-electron chi connectivity index (χ4n) is 0.822. The van der Waals surface area contributed by atoms with Crippen LogP contribution in [0, 0.1) is 0 Å². The van der Waals surface area contributed by atoms with Gasteiger partial charge in [-0.15, -0.1) is 0 Å². The van der Waals surface area contributed by atoms with Crippen LogP contribution in [0.5, 0.6) is 0 Å². The zero-order valence-electron chi connectivity index (χ0n) is 8.09. The van der Waals surface area contributed by atoms with Crippen molar-refractivity contribution in [2.75, 3.05) is 11.9 Å². The summed E-state index contributed by atoms with van der Waals surface area (Å²) in [5.74, 6) is -0.0666. The molecular weight excluding hydrogens is 250 g/mol. The highest BCUT2D eigenvalue weighted by molar-refractivity contribution is 9.09. The van der Waals surface area contributed by atoms with Crippen molar-refractivity contribution in [3.8, 4) is 0 Å². The Balaban J connectivity index is 3.98. The molecule has 0 rings (SSSR count). The summed E-state index contributed by atoms with van der Waals surface area (Å²) < 4.78 is 4.68. The third-order valence-electron chi connectivity index (χ3n) is 1.55. The smallest absolute Gasteiger partial charge is 0.408 e. The maximum absolute atomic E-state index is 11.2. The van der Waals surface area contributed by atoms with Gasteiger partial charge < -0.3 is 10.1 Å². The topological polar surface area (TPSA) is 55.4 Å². The Bertz CT molecular complexity index is 218. The monoisotopic (exact) mass is 263 g/mol. The van der Waals surface area contributed by atoms with Crippen LogP contribution in [0.25, 0.3) is 0 Å². The molecule has 0 aliphatic carbocycles. The summed E-state index contributed by atoms with van der Waals surface area (Å²) in [7, 11) is 0. The molecule has 0 radical (unpaired) electrons. The summed E-state index contributed by atoms with van der Waals surface area (Å²) in [5.41, 5.74) is 0. The van der Waals surface area contributed by atoms with Gasteiger partial charge in [0.05, 0.1) is 11.4 Å². The first-order chi connectivity index (χ1) is 6.65. The average Bonchev–Trinajstić information content (AvgIpc) is 2.21. The molecule has 1 N–H and O–H groups in total. The number of hydrogen-bond acceptors (Lipinski definition) is 3. The minimum Gasteiger partial charge on any atom is -0.445 e. The van der Waals surface area contributed by atoms with E-state index < -0.39 is 12.1 Å². The van der Waals surface area contributed by atoms with Gasteiger partial charge in [-0.2, -0.15) is 0 Å². The first-order valence-electron chi connectivity index (χ1n) is 4.28. The number of carbonyl (C=O) groups excluding carboxylic acids is 2. The van der Waals surface area contributed by atoms with Crippen LogP contribution < -0.4 is 5.32 Å². The molecule has 0 aromatic rings. The summed E-state index contributed by atoms with van der Waals surface area (Å²) in [4.78, 5) is 22.3. The highest BCUT2D eigenvalue weighted by atomic mass is 79.9. The second-order valence-electron chi connectivity index (χ2n) is 2.59. The molecule has 0 heterocycles. The summed E-state index contributed by atoms with van der Waals surface area (Å²) in [5, 5.41) is 2.69. The number of amides is 1. The molecule has 0 aliphatic heterocycles. The molecule has 0 spiro atoms. The minimum atomic E-state index is -0.592. The predicted octanol–water partition coefficient (Wildman–Crippen LogP) is 1.64. The summed E-state index contributed by atoms with van der Waals surface area (Å²) in [6.45, 7) is 5.37. The number of halogens is 1. The molecular formula is C9H14BrNO3. The average molecular weight is 264 g/mol. The lowest BCUT2D eigenvalue weighted by molar-refractivity contribution is -0.118. The van der Waals surface area contributed by atoms with Crippen molar-refractivity contribution in [1.29, 1.82) is 0 Å². The molecule has 1 amide bonds. The van der Waals surface area contributed by atoms with E-state index >= 15 is 0 Å². The first kappa shape index (κ1) is 13.2. The van der Waals surface area contributed by atoms with Crippen LogP contribution in [0.3, 0.4) is 0 Å². The van der Waals surface area contributed by atoms with E-state index in [1.54, 1.807) is 0 Å². The lowest BCUT2D eigenvalue weighted by Crippen LogP contribution is -2.41. The Labute approximate surface area is 91.8 Å². The summed E-state index contributed by atoms with van der Waals surface area (Å²) >= 11 is 3.04. The van der Waals surface area contributed by atoms with Gasteiger partial charge in [0.2, 0.25) is 0 Å². The van der Waals surface area contributed by atoms with E-state index in [9.17, 15) is 9.59 Å². The lowest BCUT2D eigenvalue weighted by Gasteiger charge is -2.13. The normalized spacial score (nSPS) is 11.6. The Morgan fingerprint density at radius 2 is 2.29 bits per heavy atom. The van der Waals surface area contributed by atoms with Crippen LogP contribution in [-0.4, -0.2) is 29.9 Å². The van der Waals surface area contributed by atoms with Crippen molar-refractivity contribution >= 4 is 27.8 Å². The predicted molar refractivity (Wildman–Crippen MR) is 57.6 cm³/mol. The SMILES string of the molecule is C=CCOC(=O)NC(CC)C(=O)CBr.